The average Bonchev–Trinajstić information content (AvgIpc) is 3.56. The van der Waals surface area contributed by atoms with Crippen molar-refractivity contribution < 1.29 is 14.3 Å². The Morgan fingerprint density at radius 2 is 1.74 bits per heavy atom. The number of amides is 2. The lowest BCUT2D eigenvalue weighted by Gasteiger charge is -2.35. The Labute approximate surface area is 182 Å². The Hall–Kier alpha value is -2.48. The Kier molecular flexibility index (Phi) is 5.42. The molecule has 3 fully saturated rings. The number of likely N-dealkylation sites (tertiary alicyclic amines) is 1. The second kappa shape index (κ2) is 8.22. The lowest BCUT2D eigenvalue weighted by Crippen LogP contribution is -2.47. The highest BCUT2D eigenvalue weighted by molar-refractivity contribution is 6.05. The maximum absolute atomic E-state index is 13.5. The third-order valence-corrected chi connectivity index (χ3v) is 6.76. The molecule has 1 aliphatic carbocycles. The quantitative estimate of drug-likeness (QED) is 0.752. The van der Waals surface area contributed by atoms with E-state index >= 15 is 0 Å². The molecule has 2 aliphatic heterocycles. The summed E-state index contributed by atoms with van der Waals surface area (Å²) in [5, 5.41) is 5.34. The van der Waals surface area contributed by atoms with Crippen molar-refractivity contribution in [3.63, 3.8) is 0 Å². The van der Waals surface area contributed by atoms with Gasteiger partial charge in [-0.05, 0) is 45.6 Å². The van der Waals surface area contributed by atoms with Crippen LogP contribution < -0.4 is 0 Å². The zero-order valence-corrected chi connectivity index (χ0v) is 18.4. The molecule has 2 amide bonds. The van der Waals surface area contributed by atoms with E-state index in [0.29, 0.717) is 50.9 Å². The third-order valence-electron chi connectivity index (χ3n) is 6.76. The number of hydrogen-bond acceptors (Lipinski definition) is 5. The number of aromatic nitrogens is 3. The topological polar surface area (TPSA) is 80.6 Å². The minimum atomic E-state index is 0.00493. The van der Waals surface area contributed by atoms with Gasteiger partial charge >= 0.3 is 0 Å². The van der Waals surface area contributed by atoms with Crippen molar-refractivity contribution in [3.8, 4) is 0 Å². The number of piperidine rings is 1. The Bertz CT molecular complexity index is 983. The van der Waals surface area contributed by atoms with Crippen LogP contribution in [0.2, 0.25) is 0 Å². The molecule has 31 heavy (non-hydrogen) atoms. The van der Waals surface area contributed by atoms with E-state index in [1.54, 1.807) is 6.20 Å². The lowest BCUT2D eigenvalue weighted by molar-refractivity contribution is -0.141. The first kappa shape index (κ1) is 20.4. The molecule has 2 aromatic heterocycles. The predicted molar refractivity (Wildman–Crippen MR) is 116 cm³/mol. The molecule has 0 N–H and O–H groups in total. The second-order valence-electron chi connectivity index (χ2n) is 9.29. The van der Waals surface area contributed by atoms with Crippen LogP contribution in [0.25, 0.3) is 11.0 Å². The second-order valence-corrected chi connectivity index (χ2v) is 9.29. The lowest BCUT2D eigenvalue weighted by atomic mass is 9.94. The monoisotopic (exact) mass is 425 g/mol. The first-order valence-electron chi connectivity index (χ1n) is 11.6. The molecule has 8 heteroatoms. The van der Waals surface area contributed by atoms with Gasteiger partial charge in [0.2, 0.25) is 5.91 Å². The van der Waals surface area contributed by atoms with Crippen LogP contribution in [0.5, 0.6) is 0 Å². The molecule has 0 radical (unpaired) electrons. The fraction of sp³-hybridized carbons (Fsp3) is 0.652. The van der Waals surface area contributed by atoms with Crippen molar-refractivity contribution in [2.24, 2.45) is 5.92 Å². The van der Waals surface area contributed by atoms with Crippen LogP contribution in [0.4, 0.5) is 0 Å². The van der Waals surface area contributed by atoms with Gasteiger partial charge in [-0.3, -0.25) is 9.59 Å². The zero-order chi connectivity index (χ0) is 21.5. The van der Waals surface area contributed by atoms with E-state index < -0.39 is 0 Å². The van der Waals surface area contributed by atoms with Gasteiger partial charge in [0.05, 0.1) is 30.4 Å². The molecule has 2 saturated heterocycles. The number of pyridine rings is 1. The first-order chi connectivity index (χ1) is 15.0. The van der Waals surface area contributed by atoms with Gasteiger partial charge in [0.1, 0.15) is 0 Å². The number of hydrogen-bond donors (Lipinski definition) is 0. The number of carbonyl (C=O) groups excluding carboxylic acids is 2. The molecule has 2 aromatic rings. The predicted octanol–water partition coefficient (Wildman–Crippen LogP) is 2.60. The Morgan fingerprint density at radius 1 is 1.03 bits per heavy atom. The molecular weight excluding hydrogens is 394 g/mol. The summed E-state index contributed by atoms with van der Waals surface area (Å²) in [7, 11) is 0. The molecule has 5 rings (SSSR count). The highest BCUT2D eigenvalue weighted by Gasteiger charge is 2.33. The zero-order valence-electron chi connectivity index (χ0n) is 18.4. The van der Waals surface area contributed by atoms with Crippen LogP contribution in [0.15, 0.2) is 12.3 Å². The normalized spacial score (nSPS) is 20.6. The van der Waals surface area contributed by atoms with Crippen molar-refractivity contribution in [1.82, 2.24) is 24.6 Å². The van der Waals surface area contributed by atoms with Gasteiger partial charge in [-0.1, -0.05) is 0 Å². The van der Waals surface area contributed by atoms with E-state index in [1.165, 1.54) is 0 Å². The smallest absolute Gasteiger partial charge is 0.254 e. The maximum atomic E-state index is 13.5. The number of rotatable bonds is 4. The van der Waals surface area contributed by atoms with Gasteiger partial charge in [0, 0.05) is 49.8 Å². The molecule has 1 saturated carbocycles. The van der Waals surface area contributed by atoms with E-state index in [4.69, 9.17) is 9.72 Å². The first-order valence-corrected chi connectivity index (χ1v) is 11.6. The molecule has 0 unspecified atom stereocenters. The van der Waals surface area contributed by atoms with Crippen LogP contribution in [-0.2, 0) is 9.53 Å². The van der Waals surface area contributed by atoms with E-state index in [9.17, 15) is 9.59 Å². The fourth-order valence-electron chi connectivity index (χ4n) is 4.72. The number of nitrogens with zero attached hydrogens (tertiary/aromatic N) is 5. The summed E-state index contributed by atoms with van der Waals surface area (Å²) in [5.41, 5.74) is 2.52. The summed E-state index contributed by atoms with van der Waals surface area (Å²) in [6.07, 6.45) is 5.49. The van der Waals surface area contributed by atoms with Gasteiger partial charge in [0.15, 0.2) is 5.65 Å². The van der Waals surface area contributed by atoms with Crippen molar-refractivity contribution in [1.29, 1.82) is 0 Å². The van der Waals surface area contributed by atoms with E-state index in [1.807, 2.05) is 20.5 Å². The van der Waals surface area contributed by atoms with Gasteiger partial charge < -0.3 is 14.5 Å². The molecule has 0 spiro atoms. The third kappa shape index (κ3) is 3.93. The highest BCUT2D eigenvalue weighted by atomic mass is 16.5. The number of fused-ring (bicyclic) bond motifs is 1. The SMILES string of the molecule is CC(C)n1ncc2c(C(=O)N3CCC(C(=O)N4CCOCC4)CC3)cc(C3CC3)nc21. The summed E-state index contributed by atoms with van der Waals surface area (Å²) in [4.78, 5) is 35.0. The van der Waals surface area contributed by atoms with Crippen LogP contribution >= 0.6 is 0 Å². The number of morpholine rings is 1. The van der Waals surface area contributed by atoms with Crippen LogP contribution in [-0.4, -0.2) is 75.8 Å². The molecule has 8 nitrogen and oxygen atoms in total. The molecule has 0 aromatic carbocycles. The fourth-order valence-corrected chi connectivity index (χ4v) is 4.72. The van der Waals surface area contributed by atoms with Crippen LogP contribution in [0.3, 0.4) is 0 Å². The highest BCUT2D eigenvalue weighted by Crippen LogP contribution is 2.40. The molecule has 3 aliphatic rings. The molecule has 166 valence electrons. The molecular formula is C23H31N5O3. The van der Waals surface area contributed by atoms with Crippen molar-refractivity contribution in [2.45, 2.75) is 51.5 Å². The van der Waals surface area contributed by atoms with E-state index in [0.717, 1.165) is 42.4 Å². The summed E-state index contributed by atoms with van der Waals surface area (Å²) >= 11 is 0. The van der Waals surface area contributed by atoms with Gasteiger partial charge in [-0.25, -0.2) is 9.67 Å². The van der Waals surface area contributed by atoms with Gasteiger partial charge in [-0.15, -0.1) is 0 Å². The summed E-state index contributed by atoms with van der Waals surface area (Å²) in [6.45, 7) is 7.97. The molecule has 0 bridgehead atoms. The van der Waals surface area contributed by atoms with Gasteiger partial charge in [-0.2, -0.15) is 5.10 Å². The van der Waals surface area contributed by atoms with Crippen molar-refractivity contribution in [3.05, 3.63) is 23.5 Å². The minimum absolute atomic E-state index is 0.00493. The Morgan fingerprint density at radius 3 is 2.39 bits per heavy atom. The largest absolute Gasteiger partial charge is 0.378 e. The summed E-state index contributed by atoms with van der Waals surface area (Å²) < 4.78 is 7.27. The van der Waals surface area contributed by atoms with E-state index in [2.05, 4.69) is 18.9 Å². The van der Waals surface area contributed by atoms with Crippen LogP contribution in [0.1, 0.15) is 67.5 Å². The standard InChI is InChI=1S/C23H31N5O3/c1-15(2)28-21-19(14-24-28)18(13-20(25-21)16-3-4-16)23(30)26-7-5-17(6-8-26)22(29)27-9-11-31-12-10-27/h13-17H,3-12H2,1-2H3. The number of ether oxygens (including phenoxy) is 1. The molecule has 0 atom stereocenters. The van der Waals surface area contributed by atoms with Gasteiger partial charge in [0.25, 0.3) is 5.91 Å². The van der Waals surface area contributed by atoms with Crippen molar-refractivity contribution >= 4 is 22.8 Å². The Balaban J connectivity index is 1.34. The minimum Gasteiger partial charge on any atom is -0.378 e. The van der Waals surface area contributed by atoms with Crippen molar-refractivity contribution in [2.75, 3.05) is 39.4 Å². The summed E-state index contributed by atoms with van der Waals surface area (Å²) in [6, 6.07) is 2.17. The average molecular weight is 426 g/mol. The molecule has 4 heterocycles. The van der Waals surface area contributed by atoms with E-state index in [-0.39, 0.29) is 23.8 Å². The maximum Gasteiger partial charge on any atom is 0.254 e. The number of carbonyl (C=O) groups is 2. The summed E-state index contributed by atoms with van der Waals surface area (Å²) in [5.74, 6) is 0.722. The van der Waals surface area contributed by atoms with Crippen LogP contribution in [0, 0.1) is 5.92 Å².